The van der Waals surface area contributed by atoms with Crippen LogP contribution in [0.4, 0.5) is 4.79 Å². The molecule has 4 atom stereocenters. The van der Waals surface area contributed by atoms with Crippen molar-refractivity contribution in [3.8, 4) is 11.6 Å². The molecule has 0 saturated heterocycles. The highest BCUT2D eigenvalue weighted by atomic mass is 16.6. The average Bonchev–Trinajstić information content (AvgIpc) is 4.09. The predicted octanol–water partition coefficient (Wildman–Crippen LogP) is 5.97. The van der Waals surface area contributed by atoms with Crippen LogP contribution in [-0.2, 0) is 52.8 Å². The number of amides is 5. The van der Waals surface area contributed by atoms with Crippen LogP contribution in [0.5, 0.6) is 11.6 Å². The lowest BCUT2D eigenvalue weighted by atomic mass is 10.0. The number of hydrogen-bond acceptors (Lipinski definition) is 15. The van der Waals surface area contributed by atoms with E-state index in [0.29, 0.717) is 11.7 Å². The number of methoxy groups -OCH3 is 1. The van der Waals surface area contributed by atoms with Gasteiger partial charge in [-0.05, 0) is 90.3 Å². The van der Waals surface area contributed by atoms with Gasteiger partial charge in [-0.25, -0.2) is 9.78 Å². The van der Waals surface area contributed by atoms with Gasteiger partial charge in [0.25, 0.3) is 5.91 Å². The number of nitrogens with zero attached hydrogens (tertiary/aromatic N) is 5. The number of benzene rings is 2. The van der Waals surface area contributed by atoms with Gasteiger partial charge in [0.15, 0.2) is 5.82 Å². The quantitative estimate of drug-likeness (QED) is 0.0614. The second-order valence-corrected chi connectivity index (χ2v) is 20.8. The predicted molar refractivity (Wildman–Crippen MR) is 273 cm³/mol. The topological polar surface area (TPSA) is 243 Å². The van der Waals surface area contributed by atoms with Crippen LogP contribution in [0, 0.1) is 5.92 Å². The van der Waals surface area contributed by atoms with Crippen molar-refractivity contribution in [1.29, 1.82) is 0 Å². The highest BCUT2D eigenvalue weighted by molar-refractivity contribution is 6.02. The molecular weight excluding hydrogens is 953 g/mol. The Hall–Kier alpha value is -7.09. The molecule has 0 spiro atoms. The van der Waals surface area contributed by atoms with Crippen molar-refractivity contribution in [2.45, 2.75) is 142 Å². The minimum absolute atomic E-state index is 0.0160. The number of nitrogens with one attached hydrogen (secondary N) is 3. The second-order valence-electron chi connectivity index (χ2n) is 20.8. The summed E-state index contributed by atoms with van der Waals surface area (Å²) < 4.78 is 34.5. The Morgan fingerprint density at radius 1 is 0.797 bits per heavy atom. The van der Waals surface area contributed by atoms with Crippen LogP contribution in [0.3, 0.4) is 0 Å². The highest BCUT2D eigenvalue weighted by Gasteiger charge is 2.38. The first-order chi connectivity index (χ1) is 35.0. The highest BCUT2D eigenvalue weighted by Crippen LogP contribution is 2.38. The molecule has 1 saturated carbocycles. The van der Waals surface area contributed by atoms with Gasteiger partial charge in [-0.2, -0.15) is 4.98 Å². The van der Waals surface area contributed by atoms with Crippen LogP contribution in [0.25, 0.3) is 0 Å². The summed E-state index contributed by atoms with van der Waals surface area (Å²) >= 11 is 0. The van der Waals surface area contributed by atoms with Crippen molar-refractivity contribution >= 4 is 35.7 Å². The number of pyridine rings is 1. The minimum Gasteiger partial charge on any atom is -0.490 e. The van der Waals surface area contributed by atoms with E-state index < -0.39 is 77.5 Å². The number of carbonyl (C=O) groups is 6. The molecule has 0 bridgehead atoms. The Bertz CT molecular complexity index is 2490. The van der Waals surface area contributed by atoms with Crippen molar-refractivity contribution in [2.24, 2.45) is 5.92 Å². The minimum atomic E-state index is -1.42. The van der Waals surface area contributed by atoms with Gasteiger partial charge in [-0.15, -0.1) is 0 Å². The number of likely N-dealkylation sites (N-methyl/N-ethyl adjacent to an activating group) is 2. The van der Waals surface area contributed by atoms with E-state index in [1.54, 1.807) is 41.5 Å². The molecule has 5 amide bonds. The molecule has 2 aromatic heterocycles. The smallest absolute Gasteiger partial charge is 0.410 e. The van der Waals surface area contributed by atoms with Crippen LogP contribution in [-0.4, -0.2) is 137 Å². The Kier molecular flexibility index (Phi) is 20.9. The monoisotopic (exact) mass is 1030 g/mol. The van der Waals surface area contributed by atoms with Gasteiger partial charge in [0, 0.05) is 39.2 Å². The Morgan fingerprint density at radius 3 is 2.05 bits per heavy atom. The van der Waals surface area contributed by atoms with E-state index in [1.165, 1.54) is 43.3 Å². The summed E-state index contributed by atoms with van der Waals surface area (Å²) in [7, 11) is 4.32. The van der Waals surface area contributed by atoms with E-state index in [4.69, 9.17) is 28.2 Å². The molecule has 2 aromatic carbocycles. The van der Waals surface area contributed by atoms with Gasteiger partial charge < -0.3 is 49.1 Å². The van der Waals surface area contributed by atoms with Crippen LogP contribution in [0.2, 0.25) is 0 Å². The molecule has 3 N–H and O–H groups in total. The van der Waals surface area contributed by atoms with Crippen molar-refractivity contribution in [1.82, 2.24) is 40.9 Å². The summed E-state index contributed by atoms with van der Waals surface area (Å²) in [6, 6.07) is 15.8. The van der Waals surface area contributed by atoms with E-state index in [1.807, 2.05) is 74.5 Å². The van der Waals surface area contributed by atoms with E-state index in [0.717, 1.165) is 24.0 Å². The van der Waals surface area contributed by atoms with Crippen LogP contribution in [0.15, 0.2) is 77.4 Å². The van der Waals surface area contributed by atoms with Crippen molar-refractivity contribution in [3.63, 3.8) is 0 Å². The van der Waals surface area contributed by atoms with Crippen LogP contribution >= 0.6 is 0 Å². The summed E-state index contributed by atoms with van der Waals surface area (Å²) in [5.41, 5.74) is -0.208. The fourth-order valence-electron chi connectivity index (χ4n) is 7.68. The third kappa shape index (κ3) is 18.4. The second kappa shape index (κ2) is 26.7. The molecule has 402 valence electrons. The van der Waals surface area contributed by atoms with Gasteiger partial charge in [-0.1, -0.05) is 79.7 Å². The number of hydrogen-bond donors (Lipinski definition) is 3. The molecule has 0 radical (unpaired) electrons. The van der Waals surface area contributed by atoms with E-state index in [2.05, 4.69) is 31.1 Å². The molecular formula is C54H74N8O12. The zero-order valence-corrected chi connectivity index (χ0v) is 44.6. The molecule has 5 rings (SSSR count). The van der Waals surface area contributed by atoms with Crippen LogP contribution < -0.4 is 25.4 Å². The Labute approximate surface area is 433 Å². The van der Waals surface area contributed by atoms with Crippen molar-refractivity contribution in [2.75, 3.05) is 41.0 Å². The molecule has 20 heteroatoms. The molecule has 0 aliphatic heterocycles. The number of esters is 1. The lowest BCUT2D eigenvalue weighted by molar-refractivity contribution is -0.156. The molecule has 0 unspecified atom stereocenters. The summed E-state index contributed by atoms with van der Waals surface area (Å²) in [5, 5.41) is 12.5. The number of carbonyl (C=O) groups excluding carboxylic acids is 6. The summed E-state index contributed by atoms with van der Waals surface area (Å²) in [4.78, 5) is 95.2. The lowest BCUT2D eigenvalue weighted by Crippen LogP contribution is -2.58. The van der Waals surface area contributed by atoms with Gasteiger partial charge in [0.2, 0.25) is 29.5 Å². The van der Waals surface area contributed by atoms with Gasteiger partial charge in [0.1, 0.15) is 47.2 Å². The third-order valence-electron chi connectivity index (χ3n) is 11.5. The van der Waals surface area contributed by atoms with E-state index in [-0.39, 0.29) is 74.7 Å². The molecule has 20 nitrogen and oxygen atoms in total. The molecule has 4 aromatic rings. The molecule has 1 aliphatic rings. The van der Waals surface area contributed by atoms with Crippen LogP contribution in [0.1, 0.15) is 120 Å². The first kappa shape index (κ1) is 57.8. The standard InChI is InChI=1S/C54H74N8O12/c1-34(2)28-40(62(10)52(68)73-54(6,7)8)51(67)61(9)41(33-70-31-36-20-16-13-17-21-36)48(65)57-38(29-35-18-14-12-15-19-35)32-71-42-24-26-56-50(69-11)45(42)49(66)58-39(30-44(63)72-53(3,4)5)47(64)55-27-25-43-59-46(60-74-43)37-22-23-37/h12-21,24,26,34,37-41H,22-23,25,27-33H2,1-11H3,(H,55,64)(H,57,65)(H,58,66)/t38-,39+,40+,41-/m1/s1. The largest absolute Gasteiger partial charge is 0.490 e. The van der Waals surface area contributed by atoms with Crippen molar-refractivity contribution in [3.05, 3.63) is 101 Å². The average molecular weight is 1030 g/mol. The first-order valence-electron chi connectivity index (χ1n) is 25.0. The summed E-state index contributed by atoms with van der Waals surface area (Å²) in [6.45, 7) is 13.9. The zero-order chi connectivity index (χ0) is 54.2. The zero-order valence-electron chi connectivity index (χ0n) is 44.6. The molecule has 1 aliphatic carbocycles. The first-order valence-corrected chi connectivity index (χ1v) is 25.0. The maximum atomic E-state index is 14.8. The summed E-state index contributed by atoms with van der Waals surface area (Å²) in [5.74, 6) is -2.28. The SMILES string of the molecule is COc1nccc(OC[C@@H](Cc2ccccc2)NC(=O)[C@@H](COCc2ccccc2)N(C)C(=O)[C@H](CC(C)C)N(C)C(=O)OC(C)(C)C)c1C(=O)N[C@@H](CC(=O)OC(C)(C)C)C(=O)NCCc1nc(C2CC2)no1. The van der Waals surface area contributed by atoms with Gasteiger partial charge in [0.05, 0.1) is 32.8 Å². The maximum absolute atomic E-state index is 14.8. The fourth-order valence-corrected chi connectivity index (χ4v) is 7.68. The van der Waals surface area contributed by atoms with Gasteiger partial charge >= 0.3 is 12.1 Å². The maximum Gasteiger partial charge on any atom is 0.410 e. The number of aromatic nitrogens is 3. The Morgan fingerprint density at radius 2 is 1.45 bits per heavy atom. The third-order valence-corrected chi connectivity index (χ3v) is 11.5. The van der Waals surface area contributed by atoms with Gasteiger partial charge in [-0.3, -0.25) is 28.9 Å². The summed E-state index contributed by atoms with van der Waals surface area (Å²) in [6.07, 6.45) is 2.89. The Balaban J connectivity index is 1.40. The van der Waals surface area contributed by atoms with Crippen molar-refractivity contribution < 1.29 is 57.0 Å². The number of rotatable bonds is 26. The molecule has 74 heavy (non-hydrogen) atoms. The normalized spacial score (nSPS) is 14.2. The molecule has 2 heterocycles. The fraction of sp³-hybridized carbons (Fsp3) is 0.537. The van der Waals surface area contributed by atoms with E-state index >= 15 is 0 Å². The molecule has 1 fully saturated rings. The van der Waals surface area contributed by atoms with E-state index in [9.17, 15) is 28.8 Å². The lowest BCUT2D eigenvalue weighted by Gasteiger charge is -2.36. The number of ether oxygens (including phenoxy) is 5.